The molecular formula is C23H29BrN2O3S2. The van der Waals surface area contributed by atoms with Crippen molar-refractivity contribution in [2.45, 2.75) is 48.7 Å². The summed E-state index contributed by atoms with van der Waals surface area (Å²) in [7, 11) is -3.86. The van der Waals surface area contributed by atoms with Gasteiger partial charge in [-0.2, -0.15) is 11.8 Å². The van der Waals surface area contributed by atoms with Crippen molar-refractivity contribution in [1.29, 1.82) is 0 Å². The van der Waals surface area contributed by atoms with Crippen molar-refractivity contribution in [2.24, 2.45) is 0 Å². The lowest BCUT2D eigenvalue weighted by Gasteiger charge is -2.24. The zero-order chi connectivity index (χ0) is 22.1. The number of anilines is 1. The number of hydrogen-bond donors (Lipinski definition) is 1. The summed E-state index contributed by atoms with van der Waals surface area (Å²) in [5.41, 5.74) is 0.454. The first-order chi connectivity index (χ1) is 15.0. The number of halogens is 1. The van der Waals surface area contributed by atoms with Crippen LogP contribution >= 0.6 is 27.7 Å². The number of carbonyl (C=O) groups excluding carboxylic acids is 1. The maximum absolute atomic E-state index is 13.2. The molecule has 31 heavy (non-hydrogen) atoms. The molecule has 3 rings (SSSR count). The molecule has 0 unspecified atom stereocenters. The van der Waals surface area contributed by atoms with E-state index in [0.717, 1.165) is 21.9 Å². The first-order valence-electron chi connectivity index (χ1n) is 10.7. The quantitative estimate of drug-likeness (QED) is 0.432. The Morgan fingerprint density at radius 2 is 1.71 bits per heavy atom. The van der Waals surface area contributed by atoms with E-state index in [1.807, 2.05) is 11.8 Å². The van der Waals surface area contributed by atoms with E-state index in [4.69, 9.17) is 0 Å². The smallest absolute Gasteiger partial charge is 0.264 e. The Labute approximate surface area is 198 Å². The van der Waals surface area contributed by atoms with Crippen molar-refractivity contribution >= 4 is 49.3 Å². The molecule has 1 fully saturated rings. The van der Waals surface area contributed by atoms with Crippen molar-refractivity contribution in [2.75, 3.05) is 23.1 Å². The Balaban J connectivity index is 1.59. The highest BCUT2D eigenvalue weighted by molar-refractivity contribution is 9.10. The van der Waals surface area contributed by atoms with Crippen LogP contribution in [0.2, 0.25) is 0 Å². The summed E-state index contributed by atoms with van der Waals surface area (Å²) in [4.78, 5) is 12.8. The molecule has 168 valence electrons. The van der Waals surface area contributed by atoms with Gasteiger partial charge in [0.15, 0.2) is 0 Å². The molecule has 0 atom stereocenters. The fourth-order valence-corrected chi connectivity index (χ4v) is 6.63. The van der Waals surface area contributed by atoms with Gasteiger partial charge in [-0.1, -0.05) is 53.4 Å². The second kappa shape index (κ2) is 11.9. The summed E-state index contributed by atoms with van der Waals surface area (Å²) in [5.74, 6) is 0.717. The molecule has 0 bridgehead atoms. The van der Waals surface area contributed by atoms with Crippen LogP contribution in [0.3, 0.4) is 0 Å². The second-order valence-corrected chi connectivity index (χ2v) is 11.8. The number of rotatable bonds is 10. The number of nitrogens with zero attached hydrogens (tertiary/aromatic N) is 1. The molecule has 0 aromatic heterocycles. The lowest BCUT2D eigenvalue weighted by molar-refractivity contribution is -0.119. The Hall–Kier alpha value is -1.51. The molecule has 0 aliphatic heterocycles. The third kappa shape index (κ3) is 7.26. The molecule has 0 radical (unpaired) electrons. The van der Waals surface area contributed by atoms with Gasteiger partial charge < -0.3 is 5.32 Å². The molecule has 2 aromatic rings. The van der Waals surface area contributed by atoms with Gasteiger partial charge in [-0.15, -0.1) is 0 Å². The summed E-state index contributed by atoms with van der Waals surface area (Å²) >= 11 is 5.37. The third-order valence-electron chi connectivity index (χ3n) is 5.28. The monoisotopic (exact) mass is 524 g/mol. The summed E-state index contributed by atoms with van der Waals surface area (Å²) < 4.78 is 28.5. The topological polar surface area (TPSA) is 66.5 Å². The van der Waals surface area contributed by atoms with Crippen molar-refractivity contribution in [3.63, 3.8) is 0 Å². The van der Waals surface area contributed by atoms with E-state index in [1.165, 1.54) is 36.4 Å². The molecule has 1 saturated carbocycles. The fourth-order valence-electron chi connectivity index (χ4n) is 3.61. The van der Waals surface area contributed by atoms with E-state index < -0.39 is 10.0 Å². The van der Waals surface area contributed by atoms with E-state index >= 15 is 0 Å². The van der Waals surface area contributed by atoms with Crippen LogP contribution in [0.25, 0.3) is 0 Å². The summed E-state index contributed by atoms with van der Waals surface area (Å²) in [5, 5.41) is 3.65. The van der Waals surface area contributed by atoms with Crippen LogP contribution in [0.5, 0.6) is 0 Å². The largest absolute Gasteiger partial charge is 0.354 e. The molecule has 8 heteroatoms. The van der Waals surface area contributed by atoms with Crippen LogP contribution in [0, 0.1) is 0 Å². The first kappa shape index (κ1) is 24.1. The maximum atomic E-state index is 13.2. The molecule has 1 aliphatic carbocycles. The van der Waals surface area contributed by atoms with Gasteiger partial charge in [0.2, 0.25) is 5.91 Å². The summed E-state index contributed by atoms with van der Waals surface area (Å²) in [6.07, 6.45) is 7.50. The predicted molar refractivity (Wildman–Crippen MR) is 132 cm³/mol. The minimum absolute atomic E-state index is 0.162. The van der Waals surface area contributed by atoms with E-state index in [9.17, 15) is 13.2 Å². The zero-order valence-corrected chi connectivity index (χ0v) is 20.7. The number of hydrogen-bond acceptors (Lipinski definition) is 4. The SMILES string of the molecule is O=C(CN(c1ccc(Br)cc1)S(=O)(=O)c1ccccc1)NCCCSC1CCCCC1. The van der Waals surface area contributed by atoms with Crippen LogP contribution in [-0.2, 0) is 14.8 Å². The number of amides is 1. The first-order valence-corrected chi connectivity index (χ1v) is 14.0. The second-order valence-electron chi connectivity index (χ2n) is 7.64. The van der Waals surface area contributed by atoms with Crippen molar-refractivity contribution in [3.8, 4) is 0 Å². The van der Waals surface area contributed by atoms with Gasteiger partial charge in [-0.3, -0.25) is 9.10 Å². The molecule has 2 aromatic carbocycles. The van der Waals surface area contributed by atoms with E-state index in [0.29, 0.717) is 12.2 Å². The van der Waals surface area contributed by atoms with E-state index in [-0.39, 0.29) is 17.3 Å². The summed E-state index contributed by atoms with van der Waals surface area (Å²) in [6.45, 7) is 0.298. The Bertz CT molecular complexity index is 931. The molecule has 0 spiro atoms. The Kier molecular flexibility index (Phi) is 9.29. The lowest BCUT2D eigenvalue weighted by atomic mass is 10.0. The highest BCUT2D eigenvalue weighted by Crippen LogP contribution is 2.28. The molecule has 0 heterocycles. The number of thioether (sulfide) groups is 1. The average Bonchev–Trinajstić information content (AvgIpc) is 2.79. The van der Waals surface area contributed by atoms with Crippen LogP contribution in [0.1, 0.15) is 38.5 Å². The minimum Gasteiger partial charge on any atom is -0.354 e. The van der Waals surface area contributed by atoms with Crippen LogP contribution in [0.15, 0.2) is 64.0 Å². The standard InChI is InChI=1S/C23H29BrN2O3S2/c24-19-12-14-20(15-13-19)26(31(28,29)22-10-5-2-6-11-22)18-23(27)25-16-7-17-30-21-8-3-1-4-9-21/h2,5-6,10-15,21H,1,3-4,7-9,16-18H2,(H,25,27). The van der Waals surface area contributed by atoms with Gasteiger partial charge in [0.25, 0.3) is 10.0 Å². The van der Waals surface area contributed by atoms with E-state index in [2.05, 4.69) is 21.2 Å². The van der Waals surface area contributed by atoms with Gasteiger partial charge >= 0.3 is 0 Å². The van der Waals surface area contributed by atoms with E-state index in [1.54, 1.807) is 54.6 Å². The van der Waals surface area contributed by atoms with Crippen molar-refractivity contribution in [1.82, 2.24) is 5.32 Å². The maximum Gasteiger partial charge on any atom is 0.264 e. The Morgan fingerprint density at radius 1 is 1.03 bits per heavy atom. The zero-order valence-electron chi connectivity index (χ0n) is 17.5. The lowest BCUT2D eigenvalue weighted by Crippen LogP contribution is -2.41. The van der Waals surface area contributed by atoms with Gasteiger partial charge in [-0.25, -0.2) is 8.42 Å². The van der Waals surface area contributed by atoms with Crippen molar-refractivity contribution in [3.05, 3.63) is 59.1 Å². The van der Waals surface area contributed by atoms with Gasteiger partial charge in [0.05, 0.1) is 10.6 Å². The summed E-state index contributed by atoms with van der Waals surface area (Å²) in [6, 6.07) is 15.1. The Morgan fingerprint density at radius 3 is 2.39 bits per heavy atom. The van der Waals surface area contributed by atoms with Crippen LogP contribution in [-0.4, -0.2) is 38.4 Å². The molecule has 1 aliphatic rings. The van der Waals surface area contributed by atoms with Crippen LogP contribution in [0.4, 0.5) is 5.69 Å². The number of benzene rings is 2. The molecule has 0 saturated heterocycles. The number of carbonyl (C=O) groups is 1. The minimum atomic E-state index is -3.86. The highest BCUT2D eigenvalue weighted by atomic mass is 79.9. The predicted octanol–water partition coefficient (Wildman–Crippen LogP) is 5.22. The van der Waals surface area contributed by atoms with Crippen LogP contribution < -0.4 is 9.62 Å². The third-order valence-corrected chi connectivity index (χ3v) is 9.07. The normalized spacial score (nSPS) is 14.9. The van der Waals surface area contributed by atoms with Gasteiger partial charge in [-0.05, 0) is 61.4 Å². The molecule has 5 nitrogen and oxygen atoms in total. The average molecular weight is 526 g/mol. The van der Waals surface area contributed by atoms with Gasteiger partial charge in [0, 0.05) is 16.3 Å². The number of nitrogens with one attached hydrogen (secondary N) is 1. The van der Waals surface area contributed by atoms with Crippen molar-refractivity contribution < 1.29 is 13.2 Å². The molecular weight excluding hydrogens is 496 g/mol. The number of sulfonamides is 1. The van der Waals surface area contributed by atoms with Gasteiger partial charge in [0.1, 0.15) is 6.54 Å². The molecule has 1 N–H and O–H groups in total. The fraction of sp³-hybridized carbons (Fsp3) is 0.435. The highest BCUT2D eigenvalue weighted by Gasteiger charge is 2.27. The molecule has 1 amide bonds.